The molecule has 0 aliphatic carbocycles. The molecule has 0 amide bonds. The molecule has 1 saturated heterocycles. The second-order valence-electron chi connectivity index (χ2n) is 7.04. The molecule has 1 N–H and O–H groups in total. The Hall–Kier alpha value is -0.790. The lowest BCUT2D eigenvalue weighted by Crippen LogP contribution is -2.72. The maximum Gasteiger partial charge on any atom is 0.194 e. The van der Waals surface area contributed by atoms with E-state index in [1.54, 1.807) is 0 Å². The van der Waals surface area contributed by atoms with Crippen LogP contribution in [0.4, 0.5) is 0 Å². The van der Waals surface area contributed by atoms with Gasteiger partial charge in [-0.2, -0.15) is 5.10 Å². The van der Waals surface area contributed by atoms with Crippen LogP contribution in [0, 0.1) is 5.41 Å². The molecule has 6 heteroatoms. The van der Waals surface area contributed by atoms with Crippen molar-refractivity contribution in [2.45, 2.75) is 46.6 Å². The maximum atomic E-state index is 4.80. The molecule has 2 rings (SSSR count). The molecule has 5 nitrogen and oxygen atoms in total. The summed E-state index contributed by atoms with van der Waals surface area (Å²) in [5, 5.41) is 7.62. The van der Waals surface area contributed by atoms with Crippen molar-refractivity contribution >= 4 is 29.9 Å². The van der Waals surface area contributed by atoms with E-state index in [1.807, 2.05) is 17.9 Å². The molecule has 0 bridgehead atoms. The fraction of sp³-hybridized carbons (Fsp3) is 0.750. The summed E-state index contributed by atoms with van der Waals surface area (Å²) < 4.78 is 1.84. The Morgan fingerprint density at radius 3 is 2.50 bits per heavy atom. The zero-order chi connectivity index (χ0) is 15.7. The normalized spacial score (nSPS) is 19.4. The third kappa shape index (κ3) is 3.75. The van der Waals surface area contributed by atoms with Crippen molar-refractivity contribution in [3.63, 3.8) is 0 Å². The Labute approximate surface area is 151 Å². The van der Waals surface area contributed by atoms with Gasteiger partial charge in [0, 0.05) is 43.8 Å². The maximum absolute atomic E-state index is 4.80. The van der Waals surface area contributed by atoms with Crippen molar-refractivity contribution in [3.8, 4) is 0 Å². The molecule has 126 valence electrons. The average molecular weight is 419 g/mol. The Bertz CT molecular complexity index is 518. The van der Waals surface area contributed by atoms with Gasteiger partial charge >= 0.3 is 0 Å². The number of halogens is 1. The number of aromatic nitrogens is 2. The molecule has 1 aromatic rings. The monoisotopic (exact) mass is 419 g/mol. The minimum absolute atomic E-state index is 0. The fourth-order valence-corrected chi connectivity index (χ4v) is 2.69. The van der Waals surface area contributed by atoms with E-state index in [2.05, 4.69) is 56.1 Å². The van der Waals surface area contributed by atoms with Crippen LogP contribution in [0.1, 0.15) is 40.2 Å². The highest BCUT2D eigenvalue weighted by molar-refractivity contribution is 14.0. The molecule has 0 unspecified atom stereocenters. The molecule has 0 atom stereocenters. The van der Waals surface area contributed by atoms with E-state index in [9.17, 15) is 0 Å². The van der Waals surface area contributed by atoms with Crippen LogP contribution in [0.5, 0.6) is 0 Å². The summed E-state index contributed by atoms with van der Waals surface area (Å²) in [7, 11) is 1.95. The fourth-order valence-electron chi connectivity index (χ4n) is 2.69. The van der Waals surface area contributed by atoms with Crippen LogP contribution in [0.15, 0.2) is 17.4 Å². The first-order valence-electron chi connectivity index (χ1n) is 7.81. The Balaban J connectivity index is 0.00000242. The Morgan fingerprint density at radius 2 is 2.05 bits per heavy atom. The smallest absolute Gasteiger partial charge is 0.194 e. The minimum atomic E-state index is 0. The van der Waals surface area contributed by atoms with Gasteiger partial charge < -0.3 is 10.2 Å². The average Bonchev–Trinajstić information content (AvgIpc) is 2.81. The lowest BCUT2D eigenvalue weighted by atomic mass is 9.65. The van der Waals surface area contributed by atoms with Gasteiger partial charge in [0.15, 0.2) is 5.96 Å². The summed E-state index contributed by atoms with van der Waals surface area (Å²) >= 11 is 0. The van der Waals surface area contributed by atoms with Crippen molar-refractivity contribution in [2.24, 2.45) is 17.5 Å². The van der Waals surface area contributed by atoms with Crippen LogP contribution in [0.2, 0.25) is 0 Å². The second kappa shape index (κ2) is 7.19. The van der Waals surface area contributed by atoms with Crippen molar-refractivity contribution in [3.05, 3.63) is 18.0 Å². The Morgan fingerprint density at radius 1 is 1.36 bits per heavy atom. The van der Waals surface area contributed by atoms with E-state index in [0.717, 1.165) is 32.0 Å². The van der Waals surface area contributed by atoms with Gasteiger partial charge in [0.2, 0.25) is 0 Å². The molecule has 22 heavy (non-hydrogen) atoms. The Kier molecular flexibility index (Phi) is 6.29. The summed E-state index contributed by atoms with van der Waals surface area (Å²) in [6.45, 7) is 14.1. The zero-order valence-corrected chi connectivity index (χ0v) is 17.0. The molecule has 1 aromatic heterocycles. The predicted octanol–water partition coefficient (Wildman–Crippen LogP) is 2.67. The lowest BCUT2D eigenvalue weighted by Gasteiger charge is -2.62. The van der Waals surface area contributed by atoms with Gasteiger partial charge in [0.05, 0.1) is 6.20 Å². The second-order valence-corrected chi connectivity index (χ2v) is 7.04. The van der Waals surface area contributed by atoms with Crippen molar-refractivity contribution in [1.29, 1.82) is 0 Å². The van der Waals surface area contributed by atoms with Crippen LogP contribution in [-0.2, 0) is 13.5 Å². The number of hydrogen-bond donors (Lipinski definition) is 1. The van der Waals surface area contributed by atoms with Gasteiger partial charge in [0.25, 0.3) is 0 Å². The molecule has 1 aliphatic heterocycles. The number of nitrogens with one attached hydrogen (secondary N) is 1. The van der Waals surface area contributed by atoms with E-state index < -0.39 is 0 Å². The third-order valence-corrected chi connectivity index (χ3v) is 4.90. The molecule has 1 fully saturated rings. The number of aliphatic imine (C=N–C) groups is 1. The first-order valence-corrected chi connectivity index (χ1v) is 7.81. The highest BCUT2D eigenvalue weighted by Crippen LogP contribution is 2.46. The number of likely N-dealkylation sites (tertiary alicyclic amines) is 1. The van der Waals surface area contributed by atoms with Gasteiger partial charge in [-0.15, -0.1) is 24.0 Å². The predicted molar refractivity (Wildman–Crippen MR) is 103 cm³/mol. The number of guanidine groups is 1. The summed E-state index contributed by atoms with van der Waals surface area (Å²) in [6, 6.07) is 0. The van der Waals surface area contributed by atoms with Crippen molar-refractivity contribution in [2.75, 3.05) is 19.6 Å². The molecule has 0 spiro atoms. The summed E-state index contributed by atoms with van der Waals surface area (Å²) in [5.74, 6) is 1.03. The molecule has 1 aliphatic rings. The number of rotatable bonds is 4. The first kappa shape index (κ1) is 19.3. The van der Waals surface area contributed by atoms with Crippen LogP contribution < -0.4 is 5.32 Å². The minimum Gasteiger partial charge on any atom is -0.356 e. The lowest BCUT2D eigenvalue weighted by molar-refractivity contribution is -0.0667. The van der Waals surface area contributed by atoms with Crippen LogP contribution >= 0.6 is 24.0 Å². The first-order chi connectivity index (χ1) is 9.78. The molecular formula is C16H30IN5. The summed E-state index contributed by atoms with van der Waals surface area (Å²) in [5.41, 5.74) is 1.70. The molecule has 0 radical (unpaired) electrons. The van der Waals surface area contributed by atoms with E-state index in [1.165, 1.54) is 5.56 Å². The van der Waals surface area contributed by atoms with Crippen molar-refractivity contribution in [1.82, 2.24) is 20.0 Å². The number of nitrogens with zero attached hydrogens (tertiary/aromatic N) is 4. The summed E-state index contributed by atoms with van der Waals surface area (Å²) in [4.78, 5) is 7.18. The van der Waals surface area contributed by atoms with Gasteiger partial charge in [-0.1, -0.05) is 13.8 Å². The van der Waals surface area contributed by atoms with Gasteiger partial charge in [-0.25, -0.2) is 0 Å². The molecular weight excluding hydrogens is 389 g/mol. The zero-order valence-electron chi connectivity index (χ0n) is 14.7. The van der Waals surface area contributed by atoms with Crippen LogP contribution in [0.25, 0.3) is 0 Å². The number of aryl methyl sites for hydroxylation is 1. The SMILES string of the molecule is CCNC(=NCCc1cnn(C)c1)N1CC(C)(C)C1(C)C.I. The highest BCUT2D eigenvalue weighted by Gasteiger charge is 2.53. The number of hydrogen-bond acceptors (Lipinski definition) is 2. The molecule has 0 aromatic carbocycles. The topological polar surface area (TPSA) is 45.5 Å². The molecule has 0 saturated carbocycles. The highest BCUT2D eigenvalue weighted by atomic mass is 127. The quantitative estimate of drug-likeness (QED) is 0.464. The van der Waals surface area contributed by atoms with Gasteiger partial charge in [-0.05, 0) is 32.8 Å². The van der Waals surface area contributed by atoms with Crippen molar-refractivity contribution < 1.29 is 0 Å². The van der Waals surface area contributed by atoms with E-state index >= 15 is 0 Å². The van der Waals surface area contributed by atoms with E-state index in [-0.39, 0.29) is 29.5 Å². The largest absolute Gasteiger partial charge is 0.356 e. The molecule has 2 heterocycles. The summed E-state index contributed by atoms with van der Waals surface area (Å²) in [6.07, 6.45) is 4.90. The third-order valence-electron chi connectivity index (χ3n) is 4.90. The van der Waals surface area contributed by atoms with Crippen LogP contribution in [-0.4, -0.2) is 45.8 Å². The van der Waals surface area contributed by atoms with Crippen LogP contribution in [0.3, 0.4) is 0 Å². The van der Waals surface area contributed by atoms with E-state index in [4.69, 9.17) is 4.99 Å². The van der Waals surface area contributed by atoms with Gasteiger partial charge in [0.1, 0.15) is 0 Å². The van der Waals surface area contributed by atoms with Gasteiger partial charge in [-0.3, -0.25) is 9.67 Å². The van der Waals surface area contributed by atoms with E-state index in [0.29, 0.717) is 5.41 Å². The standard InChI is InChI=1S/C16H29N5.HI/c1-7-17-14(21-12-15(2,3)16(21,4)5)18-9-8-13-10-19-20(6)11-13;/h10-11H,7-9,12H2,1-6H3,(H,17,18);1H.